The Morgan fingerprint density at radius 2 is 1.77 bits per heavy atom. The van der Waals surface area contributed by atoms with Crippen LogP contribution >= 0.6 is 24.0 Å². The van der Waals surface area contributed by atoms with Gasteiger partial charge in [0, 0.05) is 25.7 Å². The second-order valence-electron chi connectivity index (χ2n) is 6.52. The molecule has 0 atom stereocenters. The van der Waals surface area contributed by atoms with Gasteiger partial charge in [-0.15, -0.1) is 24.0 Å². The maximum Gasteiger partial charge on any atom is 0.248 e. The fourth-order valence-corrected chi connectivity index (χ4v) is 3.06. The maximum absolute atomic E-state index is 11.1. The summed E-state index contributed by atoms with van der Waals surface area (Å²) in [6.07, 6.45) is 6.56. The van der Waals surface area contributed by atoms with Crippen LogP contribution in [0.1, 0.15) is 48.0 Å². The van der Waals surface area contributed by atoms with Gasteiger partial charge in [0.15, 0.2) is 5.96 Å². The van der Waals surface area contributed by atoms with Crippen LogP contribution in [0.4, 0.5) is 0 Å². The molecule has 6 nitrogen and oxygen atoms in total. The summed E-state index contributed by atoms with van der Waals surface area (Å²) < 4.78 is 0. The minimum Gasteiger partial charge on any atom is -0.366 e. The summed E-state index contributed by atoms with van der Waals surface area (Å²) in [4.78, 5) is 17.9. The maximum atomic E-state index is 11.1. The lowest BCUT2D eigenvalue weighted by Gasteiger charge is -2.20. The van der Waals surface area contributed by atoms with E-state index in [2.05, 4.69) is 20.5 Å². The average molecular weight is 473 g/mol. The van der Waals surface area contributed by atoms with Crippen molar-refractivity contribution >= 4 is 35.8 Å². The van der Waals surface area contributed by atoms with Gasteiger partial charge in [-0.05, 0) is 56.6 Å². The Balaban J connectivity index is 0.00000338. The number of guanidine groups is 1. The predicted molar refractivity (Wildman–Crippen MR) is 118 cm³/mol. The molecule has 0 saturated carbocycles. The van der Waals surface area contributed by atoms with E-state index >= 15 is 0 Å². The Labute approximate surface area is 174 Å². The molecule has 0 unspecified atom stereocenters. The Morgan fingerprint density at radius 3 is 2.35 bits per heavy atom. The monoisotopic (exact) mass is 473 g/mol. The number of primary amides is 1. The van der Waals surface area contributed by atoms with Crippen LogP contribution in [0.3, 0.4) is 0 Å². The van der Waals surface area contributed by atoms with E-state index in [4.69, 9.17) is 5.73 Å². The lowest BCUT2D eigenvalue weighted by Crippen LogP contribution is -2.38. The topological polar surface area (TPSA) is 82.8 Å². The number of rotatable bonds is 7. The highest BCUT2D eigenvalue weighted by molar-refractivity contribution is 14.0. The number of carbonyl (C=O) groups is 1. The van der Waals surface area contributed by atoms with Gasteiger partial charge in [0.2, 0.25) is 5.91 Å². The van der Waals surface area contributed by atoms with Crippen molar-refractivity contribution in [2.75, 3.05) is 33.2 Å². The molecular weight excluding hydrogens is 441 g/mol. The van der Waals surface area contributed by atoms with Crippen LogP contribution in [-0.4, -0.2) is 50.0 Å². The number of hydrogen-bond donors (Lipinski definition) is 3. The zero-order valence-electron chi connectivity index (χ0n) is 15.7. The summed E-state index contributed by atoms with van der Waals surface area (Å²) in [7, 11) is 1.78. The molecule has 7 heteroatoms. The van der Waals surface area contributed by atoms with Crippen LogP contribution in [-0.2, 0) is 6.54 Å². The molecule has 0 bridgehead atoms. The fraction of sp³-hybridized carbons (Fsp3) is 0.579. The van der Waals surface area contributed by atoms with Gasteiger partial charge in [-0.25, -0.2) is 0 Å². The molecule has 1 aromatic rings. The highest BCUT2D eigenvalue weighted by Gasteiger charge is 2.08. The van der Waals surface area contributed by atoms with Crippen LogP contribution in [0.25, 0.3) is 0 Å². The zero-order chi connectivity index (χ0) is 17.9. The molecule has 26 heavy (non-hydrogen) atoms. The minimum absolute atomic E-state index is 0. The van der Waals surface area contributed by atoms with Crippen LogP contribution in [0.15, 0.2) is 29.3 Å². The number of halogens is 1. The molecule has 0 aromatic heterocycles. The SMILES string of the molecule is CN=C(NCCCN1CCCCCC1)NCc1ccc(C(N)=O)cc1.I. The molecule has 1 aliphatic heterocycles. The van der Waals surface area contributed by atoms with E-state index in [1.165, 1.54) is 38.8 Å². The first-order chi connectivity index (χ1) is 12.2. The zero-order valence-corrected chi connectivity index (χ0v) is 18.0. The lowest BCUT2D eigenvalue weighted by atomic mass is 10.1. The Hall–Kier alpha value is -1.35. The summed E-state index contributed by atoms with van der Waals surface area (Å²) in [5, 5.41) is 6.65. The third kappa shape index (κ3) is 8.35. The molecule has 1 saturated heterocycles. The van der Waals surface area contributed by atoms with E-state index in [9.17, 15) is 4.79 Å². The number of benzene rings is 1. The second-order valence-corrected chi connectivity index (χ2v) is 6.52. The summed E-state index contributed by atoms with van der Waals surface area (Å²) >= 11 is 0. The number of hydrogen-bond acceptors (Lipinski definition) is 3. The van der Waals surface area contributed by atoms with E-state index in [1.807, 2.05) is 12.1 Å². The first-order valence-corrected chi connectivity index (χ1v) is 9.24. The van der Waals surface area contributed by atoms with Crippen molar-refractivity contribution in [3.8, 4) is 0 Å². The van der Waals surface area contributed by atoms with E-state index < -0.39 is 5.91 Å². The minimum atomic E-state index is -0.401. The van der Waals surface area contributed by atoms with Gasteiger partial charge >= 0.3 is 0 Å². The van der Waals surface area contributed by atoms with E-state index in [0.717, 1.165) is 31.0 Å². The van der Waals surface area contributed by atoms with Crippen molar-refractivity contribution in [3.05, 3.63) is 35.4 Å². The van der Waals surface area contributed by atoms with Gasteiger partial charge in [0.25, 0.3) is 0 Å². The van der Waals surface area contributed by atoms with Crippen molar-refractivity contribution < 1.29 is 4.79 Å². The van der Waals surface area contributed by atoms with Crippen LogP contribution < -0.4 is 16.4 Å². The number of nitrogens with one attached hydrogen (secondary N) is 2. The van der Waals surface area contributed by atoms with Crippen LogP contribution in [0, 0.1) is 0 Å². The third-order valence-electron chi connectivity index (χ3n) is 4.56. The normalized spacial score (nSPS) is 15.7. The second kappa shape index (κ2) is 12.9. The first kappa shape index (κ1) is 22.7. The molecule has 146 valence electrons. The molecule has 4 N–H and O–H groups in total. The largest absolute Gasteiger partial charge is 0.366 e. The summed E-state index contributed by atoms with van der Waals surface area (Å²) in [5.74, 6) is 0.399. The number of amides is 1. The standard InChI is InChI=1S/C19H31N5O.HI/c1-21-19(22-11-6-14-24-12-4-2-3-5-13-24)23-15-16-7-9-17(10-8-16)18(20)25;/h7-10H,2-6,11-15H2,1H3,(H2,20,25)(H2,21,22,23);1H. The van der Waals surface area contributed by atoms with Crippen molar-refractivity contribution in [2.45, 2.75) is 38.6 Å². The summed E-state index contributed by atoms with van der Waals surface area (Å²) in [5.41, 5.74) is 6.86. The number of carbonyl (C=O) groups excluding carboxylic acids is 1. The van der Waals surface area contributed by atoms with Crippen molar-refractivity contribution in [2.24, 2.45) is 10.7 Å². The first-order valence-electron chi connectivity index (χ1n) is 9.24. The van der Waals surface area contributed by atoms with Gasteiger partial charge in [-0.2, -0.15) is 0 Å². The summed E-state index contributed by atoms with van der Waals surface area (Å²) in [6.45, 7) is 5.21. The van der Waals surface area contributed by atoms with E-state index in [1.54, 1.807) is 19.2 Å². The highest BCUT2D eigenvalue weighted by atomic mass is 127. The highest BCUT2D eigenvalue weighted by Crippen LogP contribution is 2.09. The van der Waals surface area contributed by atoms with Crippen molar-refractivity contribution in [3.63, 3.8) is 0 Å². The van der Waals surface area contributed by atoms with Crippen LogP contribution in [0.2, 0.25) is 0 Å². The smallest absolute Gasteiger partial charge is 0.248 e. The Bertz CT molecular complexity index is 554. The fourth-order valence-electron chi connectivity index (χ4n) is 3.06. The van der Waals surface area contributed by atoms with E-state index in [0.29, 0.717) is 12.1 Å². The molecule has 1 aliphatic rings. The molecule has 0 radical (unpaired) electrons. The molecule has 1 aromatic carbocycles. The molecule has 1 heterocycles. The molecule has 2 rings (SSSR count). The number of aliphatic imine (C=N–C) groups is 1. The van der Waals surface area contributed by atoms with Gasteiger partial charge in [-0.1, -0.05) is 25.0 Å². The number of likely N-dealkylation sites (tertiary alicyclic amines) is 1. The Kier molecular flexibility index (Phi) is 11.3. The predicted octanol–water partition coefficient (Wildman–Crippen LogP) is 2.33. The van der Waals surface area contributed by atoms with Crippen molar-refractivity contribution in [1.29, 1.82) is 0 Å². The van der Waals surface area contributed by atoms with Gasteiger partial charge < -0.3 is 21.3 Å². The van der Waals surface area contributed by atoms with Gasteiger partial charge in [-0.3, -0.25) is 9.79 Å². The molecular formula is C19H32IN5O. The molecule has 1 fully saturated rings. The lowest BCUT2D eigenvalue weighted by molar-refractivity contribution is 0.100. The van der Waals surface area contributed by atoms with Gasteiger partial charge in [0.1, 0.15) is 0 Å². The van der Waals surface area contributed by atoms with Gasteiger partial charge in [0.05, 0.1) is 0 Å². The quantitative estimate of drug-likeness (QED) is 0.246. The van der Waals surface area contributed by atoms with Crippen molar-refractivity contribution in [1.82, 2.24) is 15.5 Å². The third-order valence-corrected chi connectivity index (χ3v) is 4.56. The molecule has 0 spiro atoms. The average Bonchev–Trinajstić information content (AvgIpc) is 2.90. The number of nitrogens with zero attached hydrogens (tertiary/aromatic N) is 2. The molecule has 1 amide bonds. The Morgan fingerprint density at radius 1 is 1.12 bits per heavy atom. The molecule has 0 aliphatic carbocycles. The number of nitrogens with two attached hydrogens (primary N) is 1. The summed E-state index contributed by atoms with van der Waals surface area (Å²) in [6, 6.07) is 7.30. The van der Waals surface area contributed by atoms with E-state index in [-0.39, 0.29) is 24.0 Å². The van der Waals surface area contributed by atoms with Crippen LogP contribution in [0.5, 0.6) is 0 Å².